The van der Waals surface area contributed by atoms with Gasteiger partial charge in [0.1, 0.15) is 6.29 Å². The molecule has 0 aliphatic carbocycles. The minimum Gasteiger partial charge on any atom is -0.303 e. The lowest BCUT2D eigenvalue weighted by Crippen LogP contribution is -1.78. The number of carbonyl (C=O) groups excluding carboxylic acids is 1. The van der Waals surface area contributed by atoms with Crippen LogP contribution < -0.4 is 0 Å². The molecule has 52 valence electrons. The van der Waals surface area contributed by atoms with E-state index < -0.39 is 0 Å². The maximum absolute atomic E-state index is 9.86. The molecule has 0 aromatic rings. The quantitative estimate of drug-likeness (QED) is 0.321. The van der Waals surface area contributed by atoms with Crippen LogP contribution in [0.25, 0.3) is 0 Å². The Kier molecular flexibility index (Phi) is 5.18. The minimum atomic E-state index is 0.700. The van der Waals surface area contributed by atoms with Gasteiger partial charge in [-0.15, -0.1) is 0 Å². The molecule has 0 unspecified atom stereocenters. The van der Waals surface area contributed by atoms with E-state index in [-0.39, 0.29) is 0 Å². The lowest BCUT2D eigenvalue weighted by atomic mass is 10.1. The maximum Gasteiger partial charge on any atom is 0.120 e. The molecule has 0 radical (unpaired) electrons. The predicted molar refractivity (Wildman–Crippen MR) is 39.3 cm³/mol. The summed E-state index contributed by atoms with van der Waals surface area (Å²) in [5, 5.41) is 0. The molecule has 0 aliphatic heterocycles. The van der Waals surface area contributed by atoms with Gasteiger partial charge in [-0.3, -0.25) is 0 Å². The van der Waals surface area contributed by atoms with Crippen LogP contribution in [0.4, 0.5) is 0 Å². The molecule has 0 N–H and O–H groups in total. The highest BCUT2D eigenvalue weighted by Crippen LogP contribution is 2.03. The number of aldehydes is 1. The van der Waals surface area contributed by atoms with Crippen molar-refractivity contribution in [2.45, 2.75) is 33.1 Å². The first-order valence-corrected chi connectivity index (χ1v) is 3.36. The van der Waals surface area contributed by atoms with Crippen molar-refractivity contribution in [3.8, 4) is 0 Å². The van der Waals surface area contributed by atoms with Crippen LogP contribution in [-0.4, -0.2) is 6.29 Å². The Morgan fingerprint density at radius 2 is 2.22 bits per heavy atom. The van der Waals surface area contributed by atoms with Crippen molar-refractivity contribution >= 4 is 6.29 Å². The molecule has 9 heavy (non-hydrogen) atoms. The van der Waals surface area contributed by atoms with Crippen LogP contribution in [0.5, 0.6) is 0 Å². The molecule has 0 saturated carbocycles. The fourth-order valence-electron chi connectivity index (χ4n) is 0.609. The SMILES string of the molecule is C/C=C(\C)CCCC=O. The van der Waals surface area contributed by atoms with Crippen molar-refractivity contribution in [3.63, 3.8) is 0 Å². The number of carbonyl (C=O) groups is 1. The van der Waals surface area contributed by atoms with Gasteiger partial charge in [0, 0.05) is 6.42 Å². The molecule has 0 rings (SSSR count). The zero-order chi connectivity index (χ0) is 7.11. The van der Waals surface area contributed by atoms with Gasteiger partial charge in [-0.2, -0.15) is 0 Å². The van der Waals surface area contributed by atoms with Crippen LogP contribution in [0.2, 0.25) is 0 Å². The Hall–Kier alpha value is -0.590. The van der Waals surface area contributed by atoms with Crippen molar-refractivity contribution in [2.75, 3.05) is 0 Å². The highest BCUT2D eigenvalue weighted by atomic mass is 16.1. The first-order valence-electron chi connectivity index (χ1n) is 3.36. The second-order valence-corrected chi connectivity index (χ2v) is 2.19. The standard InChI is InChI=1S/C8H14O/c1-3-8(2)6-4-5-7-9/h3,7H,4-6H2,1-2H3/b8-3+. The topological polar surface area (TPSA) is 17.1 Å². The summed E-state index contributed by atoms with van der Waals surface area (Å²) in [6, 6.07) is 0. The molecule has 0 atom stereocenters. The third kappa shape index (κ3) is 5.28. The third-order valence-corrected chi connectivity index (χ3v) is 1.39. The fourth-order valence-corrected chi connectivity index (χ4v) is 0.609. The van der Waals surface area contributed by atoms with Gasteiger partial charge in [0.15, 0.2) is 0 Å². The fraction of sp³-hybridized carbons (Fsp3) is 0.625. The zero-order valence-electron chi connectivity index (χ0n) is 6.18. The predicted octanol–water partition coefficient (Wildman–Crippen LogP) is 2.32. The molecule has 0 amide bonds. The molecule has 0 bridgehead atoms. The highest BCUT2D eigenvalue weighted by molar-refractivity contribution is 5.49. The molecule has 0 spiro atoms. The lowest BCUT2D eigenvalue weighted by Gasteiger charge is -1.94. The van der Waals surface area contributed by atoms with Gasteiger partial charge in [0.05, 0.1) is 0 Å². The van der Waals surface area contributed by atoms with Crippen molar-refractivity contribution < 1.29 is 4.79 Å². The largest absolute Gasteiger partial charge is 0.303 e. The molecule has 0 aliphatic rings. The zero-order valence-corrected chi connectivity index (χ0v) is 6.18. The second-order valence-electron chi connectivity index (χ2n) is 2.19. The number of hydrogen-bond acceptors (Lipinski definition) is 1. The Morgan fingerprint density at radius 3 is 2.67 bits per heavy atom. The first kappa shape index (κ1) is 8.41. The van der Waals surface area contributed by atoms with Crippen LogP contribution >= 0.6 is 0 Å². The van der Waals surface area contributed by atoms with Crippen LogP contribution in [-0.2, 0) is 4.79 Å². The van der Waals surface area contributed by atoms with Crippen molar-refractivity contribution in [3.05, 3.63) is 11.6 Å². The molecule has 0 aromatic heterocycles. The number of allylic oxidation sites excluding steroid dienone is 2. The lowest BCUT2D eigenvalue weighted by molar-refractivity contribution is -0.107. The normalized spacial score (nSPS) is 11.6. The van der Waals surface area contributed by atoms with E-state index in [4.69, 9.17) is 0 Å². The first-order chi connectivity index (χ1) is 4.31. The molecule has 1 heteroatoms. The molecule has 0 saturated heterocycles. The van der Waals surface area contributed by atoms with E-state index in [1.807, 2.05) is 6.92 Å². The molecule has 1 nitrogen and oxygen atoms in total. The molecule has 0 fully saturated rings. The smallest absolute Gasteiger partial charge is 0.120 e. The molecule has 0 heterocycles. The Bertz CT molecular complexity index is 103. The Balaban J connectivity index is 3.17. The van der Waals surface area contributed by atoms with Gasteiger partial charge < -0.3 is 4.79 Å². The summed E-state index contributed by atoms with van der Waals surface area (Å²) in [6.07, 6.45) is 5.83. The van der Waals surface area contributed by atoms with E-state index >= 15 is 0 Å². The summed E-state index contributed by atoms with van der Waals surface area (Å²) in [4.78, 5) is 9.86. The summed E-state index contributed by atoms with van der Waals surface area (Å²) in [6.45, 7) is 4.11. The number of unbranched alkanes of at least 4 members (excludes halogenated alkanes) is 1. The summed E-state index contributed by atoms with van der Waals surface area (Å²) in [5.74, 6) is 0. The molecular weight excluding hydrogens is 112 g/mol. The van der Waals surface area contributed by atoms with E-state index in [2.05, 4.69) is 13.0 Å². The maximum atomic E-state index is 9.86. The van der Waals surface area contributed by atoms with Crippen molar-refractivity contribution in [1.82, 2.24) is 0 Å². The Labute approximate surface area is 56.8 Å². The summed E-state index contributed by atoms with van der Waals surface area (Å²) in [5.41, 5.74) is 1.37. The summed E-state index contributed by atoms with van der Waals surface area (Å²) in [7, 11) is 0. The van der Waals surface area contributed by atoms with Crippen LogP contribution in [0.1, 0.15) is 33.1 Å². The third-order valence-electron chi connectivity index (χ3n) is 1.39. The number of rotatable bonds is 4. The minimum absolute atomic E-state index is 0.700. The van der Waals surface area contributed by atoms with E-state index in [0.717, 1.165) is 19.1 Å². The van der Waals surface area contributed by atoms with E-state index in [9.17, 15) is 4.79 Å². The summed E-state index contributed by atoms with van der Waals surface area (Å²) < 4.78 is 0. The summed E-state index contributed by atoms with van der Waals surface area (Å²) >= 11 is 0. The average molecular weight is 126 g/mol. The number of hydrogen-bond donors (Lipinski definition) is 0. The van der Waals surface area contributed by atoms with Crippen LogP contribution in [0.3, 0.4) is 0 Å². The average Bonchev–Trinajstić information content (AvgIpc) is 1.89. The van der Waals surface area contributed by atoms with Crippen molar-refractivity contribution in [2.24, 2.45) is 0 Å². The molecular formula is C8H14O. The monoisotopic (exact) mass is 126 g/mol. The van der Waals surface area contributed by atoms with Gasteiger partial charge >= 0.3 is 0 Å². The van der Waals surface area contributed by atoms with E-state index in [1.54, 1.807) is 0 Å². The van der Waals surface area contributed by atoms with E-state index in [0.29, 0.717) is 6.42 Å². The van der Waals surface area contributed by atoms with E-state index in [1.165, 1.54) is 5.57 Å². The Morgan fingerprint density at radius 1 is 1.56 bits per heavy atom. The van der Waals surface area contributed by atoms with Crippen LogP contribution in [0.15, 0.2) is 11.6 Å². The second kappa shape index (κ2) is 5.54. The molecule has 0 aromatic carbocycles. The highest BCUT2D eigenvalue weighted by Gasteiger charge is 1.86. The van der Waals surface area contributed by atoms with Gasteiger partial charge in [-0.1, -0.05) is 11.6 Å². The van der Waals surface area contributed by atoms with Gasteiger partial charge in [-0.05, 0) is 26.7 Å². The van der Waals surface area contributed by atoms with Gasteiger partial charge in [0.25, 0.3) is 0 Å². The van der Waals surface area contributed by atoms with Crippen molar-refractivity contribution in [1.29, 1.82) is 0 Å². The van der Waals surface area contributed by atoms with Crippen LogP contribution in [0, 0.1) is 0 Å². The van der Waals surface area contributed by atoms with Gasteiger partial charge in [-0.25, -0.2) is 0 Å². The van der Waals surface area contributed by atoms with Gasteiger partial charge in [0.2, 0.25) is 0 Å².